The van der Waals surface area contributed by atoms with Gasteiger partial charge in [-0.1, -0.05) is 24.1 Å². The molecule has 0 fully saturated rings. The van der Waals surface area contributed by atoms with Gasteiger partial charge in [0.05, 0.1) is 11.1 Å². The van der Waals surface area contributed by atoms with E-state index in [9.17, 15) is 0 Å². The first-order chi connectivity index (χ1) is 7.85. The molecule has 0 spiro atoms. The van der Waals surface area contributed by atoms with Crippen molar-refractivity contribution in [3.05, 3.63) is 35.9 Å². The Bertz CT molecular complexity index is 605. The van der Waals surface area contributed by atoms with Gasteiger partial charge in [-0.05, 0) is 6.07 Å². The van der Waals surface area contributed by atoms with Crippen molar-refractivity contribution in [3.63, 3.8) is 0 Å². The number of terminal acetylenes is 1. The third-order valence-corrected chi connectivity index (χ3v) is 2.12. The number of benzene rings is 1. The van der Waals surface area contributed by atoms with E-state index in [0.29, 0.717) is 11.4 Å². The fraction of sp³-hybridized carbons (Fsp3) is 0.0769. The van der Waals surface area contributed by atoms with Crippen molar-refractivity contribution in [3.8, 4) is 24.3 Å². The second-order valence-corrected chi connectivity index (χ2v) is 3.13. The quantitative estimate of drug-likeness (QED) is 0.710. The monoisotopic (exact) mass is 208 g/mol. The van der Waals surface area contributed by atoms with E-state index in [1.54, 1.807) is 6.07 Å². The highest BCUT2D eigenvalue weighted by Crippen LogP contribution is 2.20. The highest BCUT2D eigenvalue weighted by atomic mass is 16.5. The molecular formula is C13H8N2O. The van der Waals surface area contributed by atoms with Crippen LogP contribution in [0.3, 0.4) is 0 Å². The van der Waals surface area contributed by atoms with E-state index in [4.69, 9.17) is 16.4 Å². The van der Waals surface area contributed by atoms with E-state index in [1.807, 2.05) is 24.3 Å². The predicted octanol–water partition coefficient (Wildman–Crippen LogP) is 2.12. The number of rotatable bonds is 2. The van der Waals surface area contributed by atoms with E-state index >= 15 is 0 Å². The van der Waals surface area contributed by atoms with Gasteiger partial charge in [0, 0.05) is 11.5 Å². The van der Waals surface area contributed by atoms with Crippen LogP contribution in [-0.4, -0.2) is 11.6 Å². The van der Waals surface area contributed by atoms with E-state index < -0.39 is 0 Å². The zero-order valence-corrected chi connectivity index (χ0v) is 8.47. The Hall–Kier alpha value is -2.52. The number of hydrogen-bond acceptors (Lipinski definition) is 3. The van der Waals surface area contributed by atoms with Gasteiger partial charge < -0.3 is 4.74 Å². The molecule has 1 heterocycles. The van der Waals surface area contributed by atoms with Crippen molar-refractivity contribution in [2.24, 2.45) is 0 Å². The first kappa shape index (κ1) is 10.0. The lowest BCUT2D eigenvalue weighted by Gasteiger charge is -2.04. The summed E-state index contributed by atoms with van der Waals surface area (Å²) in [5.41, 5.74) is 1.27. The Balaban J connectivity index is 2.56. The summed E-state index contributed by atoms with van der Waals surface area (Å²) in [4.78, 5) is 4.25. The minimum Gasteiger partial charge on any atom is -0.464 e. The van der Waals surface area contributed by atoms with Crippen molar-refractivity contribution in [2.45, 2.75) is 0 Å². The number of nitrogens with zero attached hydrogens (tertiary/aromatic N) is 2. The molecule has 0 atom stereocenters. The fourth-order valence-electron chi connectivity index (χ4n) is 1.43. The predicted molar refractivity (Wildman–Crippen MR) is 60.8 cm³/mol. The molecule has 0 amide bonds. The summed E-state index contributed by atoms with van der Waals surface area (Å²) >= 11 is 0. The SMILES string of the molecule is C#CCOc1cc(C#N)c2ccccc2n1. The zero-order valence-electron chi connectivity index (χ0n) is 8.47. The van der Waals surface area contributed by atoms with Gasteiger partial charge in [-0.2, -0.15) is 5.26 Å². The van der Waals surface area contributed by atoms with Gasteiger partial charge in [0.25, 0.3) is 0 Å². The van der Waals surface area contributed by atoms with Crippen LogP contribution in [0.1, 0.15) is 5.56 Å². The molecular weight excluding hydrogens is 200 g/mol. The first-order valence-electron chi connectivity index (χ1n) is 4.71. The highest BCUT2D eigenvalue weighted by molar-refractivity contribution is 5.85. The Morgan fingerprint density at radius 2 is 2.19 bits per heavy atom. The molecule has 0 saturated carbocycles. The number of nitriles is 1. The van der Waals surface area contributed by atoms with Gasteiger partial charge in [0.15, 0.2) is 6.61 Å². The lowest BCUT2D eigenvalue weighted by molar-refractivity contribution is 0.357. The molecule has 1 aromatic heterocycles. The largest absolute Gasteiger partial charge is 0.464 e. The molecule has 1 aromatic carbocycles. The fourth-order valence-corrected chi connectivity index (χ4v) is 1.43. The lowest BCUT2D eigenvalue weighted by Crippen LogP contribution is -1.97. The second kappa shape index (κ2) is 4.33. The number of pyridine rings is 1. The number of hydrogen-bond donors (Lipinski definition) is 0. The Kier molecular flexibility index (Phi) is 2.71. The summed E-state index contributed by atoms with van der Waals surface area (Å²) in [7, 11) is 0. The minimum absolute atomic E-state index is 0.149. The Labute approximate surface area is 93.3 Å². The number of para-hydroxylation sites is 1. The first-order valence-corrected chi connectivity index (χ1v) is 4.71. The van der Waals surface area contributed by atoms with Gasteiger partial charge in [-0.15, -0.1) is 6.42 Å². The number of fused-ring (bicyclic) bond motifs is 1. The topological polar surface area (TPSA) is 45.9 Å². The molecule has 0 aliphatic heterocycles. The molecule has 0 unspecified atom stereocenters. The van der Waals surface area contributed by atoms with Gasteiger partial charge in [0.2, 0.25) is 5.88 Å². The number of ether oxygens (including phenoxy) is 1. The molecule has 2 aromatic rings. The summed E-state index contributed by atoms with van der Waals surface area (Å²) < 4.78 is 5.21. The smallest absolute Gasteiger partial charge is 0.216 e. The summed E-state index contributed by atoms with van der Waals surface area (Å²) in [6.07, 6.45) is 5.09. The number of aromatic nitrogens is 1. The molecule has 2 rings (SSSR count). The van der Waals surface area contributed by atoms with Crippen LogP contribution in [0.15, 0.2) is 30.3 Å². The third-order valence-electron chi connectivity index (χ3n) is 2.12. The molecule has 0 saturated heterocycles. The molecule has 0 radical (unpaired) electrons. The van der Waals surface area contributed by atoms with Crippen LogP contribution in [0, 0.1) is 23.7 Å². The maximum absolute atomic E-state index is 9.01. The van der Waals surface area contributed by atoms with Crippen LogP contribution < -0.4 is 4.74 Å². The molecule has 3 heteroatoms. The van der Waals surface area contributed by atoms with Crippen LogP contribution in [0.25, 0.3) is 10.9 Å². The molecule has 16 heavy (non-hydrogen) atoms. The summed E-state index contributed by atoms with van der Waals surface area (Å²) in [5, 5.41) is 9.83. The van der Waals surface area contributed by atoms with Crippen LogP contribution >= 0.6 is 0 Å². The molecule has 3 nitrogen and oxygen atoms in total. The van der Waals surface area contributed by atoms with Crippen LogP contribution in [0.4, 0.5) is 0 Å². The summed E-state index contributed by atoms with van der Waals surface area (Å²) in [6.45, 7) is 0.149. The average Bonchev–Trinajstić information content (AvgIpc) is 2.35. The van der Waals surface area contributed by atoms with Crippen molar-refractivity contribution >= 4 is 10.9 Å². The normalized spacial score (nSPS) is 9.38. The molecule has 0 aliphatic rings. The zero-order chi connectivity index (χ0) is 11.4. The van der Waals surface area contributed by atoms with E-state index in [1.165, 1.54) is 0 Å². The van der Waals surface area contributed by atoms with Crippen molar-refractivity contribution in [1.29, 1.82) is 5.26 Å². The van der Waals surface area contributed by atoms with E-state index in [0.717, 1.165) is 10.9 Å². The van der Waals surface area contributed by atoms with Gasteiger partial charge >= 0.3 is 0 Å². The highest BCUT2D eigenvalue weighted by Gasteiger charge is 2.05. The standard InChI is InChI=1S/C13H8N2O/c1-2-7-16-13-8-10(9-14)11-5-3-4-6-12(11)15-13/h1,3-6,8H,7H2. The van der Waals surface area contributed by atoms with Gasteiger partial charge in [-0.3, -0.25) is 0 Å². The molecule has 0 N–H and O–H groups in total. The third kappa shape index (κ3) is 1.80. The van der Waals surface area contributed by atoms with Crippen molar-refractivity contribution in [1.82, 2.24) is 4.98 Å². The van der Waals surface area contributed by atoms with Gasteiger partial charge in [-0.25, -0.2) is 4.98 Å². The Morgan fingerprint density at radius 3 is 2.94 bits per heavy atom. The molecule has 76 valence electrons. The van der Waals surface area contributed by atoms with E-state index in [2.05, 4.69) is 17.0 Å². The Morgan fingerprint density at radius 1 is 1.38 bits per heavy atom. The summed E-state index contributed by atoms with van der Waals surface area (Å²) in [6, 6.07) is 11.1. The van der Waals surface area contributed by atoms with E-state index in [-0.39, 0.29) is 6.61 Å². The van der Waals surface area contributed by atoms with Gasteiger partial charge in [0.1, 0.15) is 6.07 Å². The van der Waals surface area contributed by atoms with Crippen LogP contribution in [-0.2, 0) is 0 Å². The van der Waals surface area contributed by atoms with Crippen LogP contribution in [0.2, 0.25) is 0 Å². The summed E-state index contributed by atoms with van der Waals surface area (Å²) in [5.74, 6) is 2.74. The van der Waals surface area contributed by atoms with Crippen LogP contribution in [0.5, 0.6) is 5.88 Å². The van der Waals surface area contributed by atoms with Crippen molar-refractivity contribution in [2.75, 3.05) is 6.61 Å². The average molecular weight is 208 g/mol. The minimum atomic E-state index is 0.149. The second-order valence-electron chi connectivity index (χ2n) is 3.13. The lowest BCUT2D eigenvalue weighted by atomic mass is 10.1. The molecule has 0 aliphatic carbocycles. The maximum atomic E-state index is 9.01. The van der Waals surface area contributed by atoms with Crippen molar-refractivity contribution < 1.29 is 4.74 Å². The molecule has 0 bridgehead atoms. The maximum Gasteiger partial charge on any atom is 0.216 e.